The smallest absolute Gasteiger partial charge is 0.338 e. The van der Waals surface area contributed by atoms with Gasteiger partial charge in [-0.2, -0.15) is 5.10 Å². The SMILES string of the molecule is CCCCOC(=O)c1ccc(NC(=O)Cc2c(C)nn(C3CCS(=O)(=O)C3)c2C)cc1. The van der Waals surface area contributed by atoms with Gasteiger partial charge in [0.25, 0.3) is 0 Å². The summed E-state index contributed by atoms with van der Waals surface area (Å²) in [6.07, 6.45) is 2.46. The van der Waals surface area contributed by atoms with Crippen molar-refractivity contribution in [1.29, 1.82) is 0 Å². The number of sulfone groups is 1. The number of ether oxygens (including phenoxy) is 1. The highest BCUT2D eigenvalue weighted by Gasteiger charge is 2.31. The van der Waals surface area contributed by atoms with E-state index in [1.165, 1.54) is 0 Å². The third-order valence-corrected chi connectivity index (χ3v) is 7.25. The molecule has 1 amide bonds. The summed E-state index contributed by atoms with van der Waals surface area (Å²) >= 11 is 0. The predicted octanol–water partition coefficient (Wildman–Crippen LogP) is 3.00. The van der Waals surface area contributed by atoms with Crippen LogP contribution in [-0.2, 0) is 25.8 Å². The van der Waals surface area contributed by atoms with Gasteiger partial charge < -0.3 is 10.1 Å². The molecule has 0 saturated carbocycles. The molecule has 0 radical (unpaired) electrons. The van der Waals surface area contributed by atoms with E-state index < -0.39 is 9.84 Å². The van der Waals surface area contributed by atoms with E-state index in [1.807, 2.05) is 20.8 Å². The molecule has 168 valence electrons. The highest BCUT2D eigenvalue weighted by Crippen LogP contribution is 2.27. The Morgan fingerprint density at radius 2 is 1.94 bits per heavy atom. The van der Waals surface area contributed by atoms with Crippen LogP contribution in [-0.4, -0.2) is 48.2 Å². The third kappa shape index (κ3) is 5.72. The Morgan fingerprint density at radius 3 is 2.55 bits per heavy atom. The Bertz CT molecular complexity index is 1060. The van der Waals surface area contributed by atoms with E-state index in [-0.39, 0.29) is 35.8 Å². The number of benzene rings is 1. The molecule has 2 aromatic rings. The zero-order chi connectivity index (χ0) is 22.6. The van der Waals surface area contributed by atoms with E-state index in [4.69, 9.17) is 4.74 Å². The second-order valence-corrected chi connectivity index (χ2v) is 10.2. The summed E-state index contributed by atoms with van der Waals surface area (Å²) in [5.41, 5.74) is 3.37. The van der Waals surface area contributed by atoms with Crippen LogP contribution in [0.3, 0.4) is 0 Å². The zero-order valence-corrected chi connectivity index (χ0v) is 19.0. The lowest BCUT2D eigenvalue weighted by atomic mass is 10.1. The van der Waals surface area contributed by atoms with Gasteiger partial charge in [-0.25, -0.2) is 13.2 Å². The van der Waals surface area contributed by atoms with Crippen LogP contribution in [0.4, 0.5) is 5.69 Å². The lowest BCUT2D eigenvalue weighted by Gasteiger charge is -2.11. The molecule has 1 atom stereocenters. The number of unbranched alkanes of at least 4 members (excludes halogenated alkanes) is 1. The van der Waals surface area contributed by atoms with E-state index in [1.54, 1.807) is 28.9 Å². The number of aromatic nitrogens is 2. The first kappa shape index (κ1) is 23.0. The van der Waals surface area contributed by atoms with Crippen molar-refractivity contribution in [2.45, 2.75) is 52.5 Å². The largest absolute Gasteiger partial charge is 0.462 e. The average Bonchev–Trinajstić information content (AvgIpc) is 3.22. The monoisotopic (exact) mass is 447 g/mol. The molecular formula is C22H29N3O5S. The predicted molar refractivity (Wildman–Crippen MR) is 118 cm³/mol. The van der Waals surface area contributed by atoms with Crippen LogP contribution >= 0.6 is 0 Å². The van der Waals surface area contributed by atoms with Crippen molar-refractivity contribution in [3.63, 3.8) is 0 Å². The molecule has 0 bridgehead atoms. The summed E-state index contributed by atoms with van der Waals surface area (Å²) in [7, 11) is -3.02. The van der Waals surface area contributed by atoms with Gasteiger partial charge in [0.2, 0.25) is 5.91 Å². The van der Waals surface area contributed by atoms with Gasteiger partial charge in [0.05, 0.1) is 41.8 Å². The number of carbonyl (C=O) groups excluding carboxylic acids is 2. The van der Waals surface area contributed by atoms with E-state index in [2.05, 4.69) is 10.4 Å². The summed E-state index contributed by atoms with van der Waals surface area (Å²) in [5, 5.41) is 7.33. The molecule has 0 spiro atoms. The van der Waals surface area contributed by atoms with Crippen molar-refractivity contribution >= 4 is 27.4 Å². The number of nitrogens with zero attached hydrogens (tertiary/aromatic N) is 2. The quantitative estimate of drug-likeness (QED) is 0.492. The fraction of sp³-hybridized carbons (Fsp3) is 0.500. The minimum Gasteiger partial charge on any atom is -0.462 e. The van der Waals surface area contributed by atoms with Crippen LogP contribution in [0.25, 0.3) is 0 Å². The Kier molecular flexibility index (Phi) is 7.15. The van der Waals surface area contributed by atoms with Gasteiger partial charge in [-0.15, -0.1) is 0 Å². The number of amides is 1. The maximum absolute atomic E-state index is 12.6. The second-order valence-electron chi connectivity index (χ2n) is 7.94. The number of carbonyl (C=O) groups is 2. The number of aryl methyl sites for hydroxylation is 1. The lowest BCUT2D eigenvalue weighted by molar-refractivity contribution is -0.115. The topological polar surface area (TPSA) is 107 Å². The number of anilines is 1. The van der Waals surface area contributed by atoms with Gasteiger partial charge >= 0.3 is 5.97 Å². The molecule has 0 aliphatic carbocycles. The molecule has 1 unspecified atom stereocenters. The molecule has 2 heterocycles. The number of rotatable bonds is 8. The molecule has 3 rings (SSSR count). The maximum atomic E-state index is 12.6. The summed E-state index contributed by atoms with van der Waals surface area (Å²) in [6, 6.07) is 6.41. The first-order valence-corrected chi connectivity index (χ1v) is 12.3. The number of nitrogens with one attached hydrogen (secondary N) is 1. The Morgan fingerprint density at radius 1 is 1.23 bits per heavy atom. The molecule has 8 nitrogen and oxygen atoms in total. The summed E-state index contributed by atoms with van der Waals surface area (Å²) in [5.74, 6) is -0.316. The van der Waals surface area contributed by atoms with E-state index in [0.717, 1.165) is 29.8 Å². The fourth-order valence-corrected chi connectivity index (χ4v) is 5.42. The number of hydrogen-bond donors (Lipinski definition) is 1. The summed E-state index contributed by atoms with van der Waals surface area (Å²) in [4.78, 5) is 24.5. The molecule has 1 aliphatic rings. The van der Waals surface area contributed by atoms with Crippen molar-refractivity contribution in [2.75, 3.05) is 23.4 Å². The van der Waals surface area contributed by atoms with Gasteiger partial charge in [0, 0.05) is 16.9 Å². The van der Waals surface area contributed by atoms with E-state index in [9.17, 15) is 18.0 Å². The van der Waals surface area contributed by atoms with E-state index >= 15 is 0 Å². The molecule has 1 saturated heterocycles. The van der Waals surface area contributed by atoms with Gasteiger partial charge in [-0.1, -0.05) is 13.3 Å². The molecular weight excluding hydrogens is 418 g/mol. The number of hydrogen-bond acceptors (Lipinski definition) is 6. The number of esters is 1. The molecule has 9 heteroatoms. The van der Waals surface area contributed by atoms with Gasteiger partial charge in [-0.3, -0.25) is 9.48 Å². The van der Waals surface area contributed by atoms with Crippen LogP contribution in [0.15, 0.2) is 24.3 Å². The second kappa shape index (κ2) is 9.64. The van der Waals surface area contributed by atoms with Crippen molar-refractivity contribution in [3.8, 4) is 0 Å². The standard InChI is InChI=1S/C22H29N3O5S/c1-4-5-11-30-22(27)17-6-8-18(9-7-17)23-21(26)13-20-15(2)24-25(16(20)3)19-10-12-31(28,29)14-19/h6-9,19H,4-5,10-14H2,1-3H3,(H,23,26). The van der Waals surface area contributed by atoms with Gasteiger partial charge in [-0.05, 0) is 51.0 Å². The first-order valence-electron chi connectivity index (χ1n) is 10.5. The minimum absolute atomic E-state index is 0.0911. The zero-order valence-electron chi connectivity index (χ0n) is 18.2. The van der Waals surface area contributed by atoms with Crippen LogP contribution in [0.5, 0.6) is 0 Å². The van der Waals surface area contributed by atoms with Crippen LogP contribution in [0, 0.1) is 13.8 Å². The van der Waals surface area contributed by atoms with Crippen molar-refractivity contribution in [1.82, 2.24) is 9.78 Å². The highest BCUT2D eigenvalue weighted by atomic mass is 32.2. The van der Waals surface area contributed by atoms with Crippen molar-refractivity contribution in [2.24, 2.45) is 0 Å². The normalized spacial score (nSPS) is 17.5. The highest BCUT2D eigenvalue weighted by molar-refractivity contribution is 7.91. The lowest BCUT2D eigenvalue weighted by Crippen LogP contribution is -2.16. The minimum atomic E-state index is -3.02. The first-order chi connectivity index (χ1) is 14.7. The molecule has 31 heavy (non-hydrogen) atoms. The van der Waals surface area contributed by atoms with E-state index in [0.29, 0.717) is 24.3 Å². The molecule has 1 aromatic heterocycles. The Hall–Kier alpha value is -2.68. The summed E-state index contributed by atoms with van der Waals surface area (Å²) < 4.78 is 30.5. The Balaban J connectivity index is 1.62. The summed E-state index contributed by atoms with van der Waals surface area (Å²) in [6.45, 7) is 6.12. The average molecular weight is 448 g/mol. The maximum Gasteiger partial charge on any atom is 0.338 e. The molecule has 1 fully saturated rings. The third-order valence-electron chi connectivity index (χ3n) is 5.50. The van der Waals surface area contributed by atoms with Crippen LogP contribution in [0.1, 0.15) is 59.5 Å². The van der Waals surface area contributed by atoms with Crippen LogP contribution in [0.2, 0.25) is 0 Å². The van der Waals surface area contributed by atoms with Gasteiger partial charge in [0.1, 0.15) is 0 Å². The Labute approximate surface area is 182 Å². The molecule has 1 aliphatic heterocycles. The van der Waals surface area contributed by atoms with Crippen molar-refractivity contribution < 1.29 is 22.7 Å². The van der Waals surface area contributed by atoms with Gasteiger partial charge in [0.15, 0.2) is 9.84 Å². The van der Waals surface area contributed by atoms with Crippen LogP contribution < -0.4 is 5.32 Å². The fourth-order valence-electron chi connectivity index (χ4n) is 3.72. The molecule has 1 aromatic carbocycles. The van der Waals surface area contributed by atoms with Crippen molar-refractivity contribution in [3.05, 3.63) is 46.8 Å². The molecule has 1 N–H and O–H groups in total.